The molecule has 20 heavy (non-hydrogen) atoms. The summed E-state index contributed by atoms with van der Waals surface area (Å²) in [5.41, 5.74) is 1.18. The Bertz CT molecular complexity index is 381. The van der Waals surface area contributed by atoms with E-state index in [0.29, 0.717) is 17.4 Å². The van der Waals surface area contributed by atoms with Crippen LogP contribution >= 0.6 is 27.5 Å². The molecule has 0 bridgehead atoms. The Balaban J connectivity index is 2.24. The molecule has 0 N–H and O–H groups in total. The second-order valence-electron chi connectivity index (χ2n) is 4.66. The predicted octanol–water partition coefficient (Wildman–Crippen LogP) is 5.25. The van der Waals surface area contributed by atoms with Crippen molar-refractivity contribution < 1.29 is 17.9 Å². The fourth-order valence-corrected chi connectivity index (χ4v) is 2.53. The van der Waals surface area contributed by atoms with Gasteiger partial charge in [0.1, 0.15) is 6.61 Å². The molecular weight excluding hydrogens is 357 g/mol. The van der Waals surface area contributed by atoms with E-state index in [0.717, 1.165) is 18.2 Å². The molecule has 0 saturated carbocycles. The van der Waals surface area contributed by atoms with Gasteiger partial charge in [0.25, 0.3) is 0 Å². The summed E-state index contributed by atoms with van der Waals surface area (Å²) < 4.78 is 40.3. The minimum atomic E-state index is -4.24. The lowest BCUT2D eigenvalue weighted by molar-refractivity contribution is -0.174. The Morgan fingerprint density at radius 3 is 2.40 bits per heavy atom. The number of rotatable bonds is 8. The fraction of sp³-hybridized carbons (Fsp3) is 0.571. The third-order valence-electron chi connectivity index (χ3n) is 2.82. The number of hydrogen-bond donors (Lipinski definition) is 0. The van der Waals surface area contributed by atoms with Crippen LogP contribution in [-0.4, -0.2) is 24.7 Å². The summed E-state index contributed by atoms with van der Waals surface area (Å²) in [6.07, 6.45) is -1.91. The van der Waals surface area contributed by atoms with Crippen LogP contribution in [0.3, 0.4) is 0 Å². The molecule has 0 saturated heterocycles. The molecule has 0 fully saturated rings. The smallest absolute Gasteiger partial charge is 0.372 e. The van der Waals surface area contributed by atoms with E-state index in [1.54, 1.807) is 0 Å². The van der Waals surface area contributed by atoms with Gasteiger partial charge in [0, 0.05) is 17.0 Å². The van der Waals surface area contributed by atoms with Gasteiger partial charge in [-0.3, -0.25) is 0 Å². The van der Waals surface area contributed by atoms with Crippen LogP contribution in [0.15, 0.2) is 24.3 Å². The van der Waals surface area contributed by atoms with Gasteiger partial charge in [-0.15, -0.1) is 0 Å². The highest BCUT2D eigenvalue weighted by atomic mass is 79.9. The number of ether oxygens (including phenoxy) is 1. The monoisotopic (exact) mass is 372 g/mol. The maximum absolute atomic E-state index is 11.9. The number of alkyl halides is 4. The van der Waals surface area contributed by atoms with Crippen LogP contribution in [0.25, 0.3) is 0 Å². The lowest BCUT2D eigenvalue weighted by Crippen LogP contribution is -2.17. The second kappa shape index (κ2) is 8.90. The van der Waals surface area contributed by atoms with Gasteiger partial charge >= 0.3 is 6.18 Å². The van der Waals surface area contributed by atoms with Crippen molar-refractivity contribution in [2.45, 2.75) is 25.4 Å². The zero-order valence-electron chi connectivity index (χ0n) is 10.9. The third kappa shape index (κ3) is 8.12. The van der Waals surface area contributed by atoms with E-state index in [1.165, 1.54) is 5.56 Å². The highest BCUT2D eigenvalue weighted by molar-refractivity contribution is 9.09. The molecule has 0 aliphatic heterocycles. The second-order valence-corrected chi connectivity index (χ2v) is 5.74. The number of hydrogen-bond acceptors (Lipinski definition) is 1. The molecule has 0 spiro atoms. The van der Waals surface area contributed by atoms with Crippen LogP contribution in [0.4, 0.5) is 13.2 Å². The molecule has 1 aromatic carbocycles. The summed E-state index contributed by atoms with van der Waals surface area (Å²) >= 11 is 9.26. The van der Waals surface area contributed by atoms with Gasteiger partial charge in [-0.05, 0) is 42.9 Å². The molecule has 0 radical (unpaired) electrons. The molecule has 6 heteroatoms. The van der Waals surface area contributed by atoms with E-state index in [-0.39, 0.29) is 6.61 Å². The van der Waals surface area contributed by atoms with Gasteiger partial charge in [-0.1, -0.05) is 39.7 Å². The van der Waals surface area contributed by atoms with Gasteiger partial charge < -0.3 is 4.74 Å². The topological polar surface area (TPSA) is 9.23 Å². The molecule has 1 atom stereocenters. The molecule has 1 nitrogen and oxygen atoms in total. The largest absolute Gasteiger partial charge is 0.411 e. The van der Waals surface area contributed by atoms with Crippen molar-refractivity contribution in [3.63, 3.8) is 0 Å². The SMILES string of the molecule is FC(F)(F)COCCCC(CBr)Cc1ccc(Cl)cc1. The molecule has 1 rings (SSSR count). The number of halogens is 5. The van der Waals surface area contributed by atoms with E-state index in [4.69, 9.17) is 11.6 Å². The first-order chi connectivity index (χ1) is 9.40. The molecule has 0 aliphatic rings. The van der Waals surface area contributed by atoms with Crippen LogP contribution in [0.2, 0.25) is 5.02 Å². The van der Waals surface area contributed by atoms with E-state index in [1.807, 2.05) is 24.3 Å². The van der Waals surface area contributed by atoms with Gasteiger partial charge in [-0.25, -0.2) is 0 Å². The summed E-state index contributed by atoms with van der Waals surface area (Å²) in [7, 11) is 0. The van der Waals surface area contributed by atoms with Crippen molar-refractivity contribution in [1.29, 1.82) is 0 Å². The summed E-state index contributed by atoms with van der Waals surface area (Å²) in [5.74, 6) is 0.380. The Hall–Kier alpha value is -0.260. The zero-order chi connectivity index (χ0) is 15.0. The quantitative estimate of drug-likeness (QED) is 0.446. The zero-order valence-corrected chi connectivity index (χ0v) is 13.3. The van der Waals surface area contributed by atoms with Crippen molar-refractivity contribution in [2.24, 2.45) is 5.92 Å². The van der Waals surface area contributed by atoms with E-state index < -0.39 is 12.8 Å². The molecule has 1 aromatic rings. The van der Waals surface area contributed by atoms with Crippen LogP contribution in [0.5, 0.6) is 0 Å². The Kier molecular flexibility index (Phi) is 7.92. The maximum Gasteiger partial charge on any atom is 0.411 e. The lowest BCUT2D eigenvalue weighted by Gasteiger charge is -2.14. The van der Waals surface area contributed by atoms with Crippen molar-refractivity contribution >= 4 is 27.5 Å². The van der Waals surface area contributed by atoms with Crippen LogP contribution in [0, 0.1) is 5.92 Å². The van der Waals surface area contributed by atoms with Gasteiger partial charge in [0.15, 0.2) is 0 Å². The van der Waals surface area contributed by atoms with Crippen LogP contribution in [-0.2, 0) is 11.2 Å². The van der Waals surface area contributed by atoms with Crippen molar-refractivity contribution in [3.05, 3.63) is 34.9 Å². The van der Waals surface area contributed by atoms with Gasteiger partial charge in [0.2, 0.25) is 0 Å². The average Bonchev–Trinajstić information content (AvgIpc) is 2.38. The number of benzene rings is 1. The van der Waals surface area contributed by atoms with Crippen molar-refractivity contribution in [3.8, 4) is 0 Å². The first kappa shape index (κ1) is 17.8. The summed E-state index contributed by atoms with van der Waals surface area (Å²) in [6, 6.07) is 7.62. The first-order valence-electron chi connectivity index (χ1n) is 6.35. The highest BCUT2D eigenvalue weighted by Gasteiger charge is 2.27. The standard InChI is InChI=1S/C14H17BrClF3O/c15-9-12(2-1-7-20-10-14(17,18)19)8-11-3-5-13(16)6-4-11/h3-6,12H,1-2,7-10H2. The minimum Gasteiger partial charge on any atom is -0.372 e. The van der Waals surface area contributed by atoms with Crippen LogP contribution < -0.4 is 0 Å². The fourth-order valence-electron chi connectivity index (χ4n) is 1.85. The molecular formula is C14H17BrClF3O. The van der Waals surface area contributed by atoms with Crippen molar-refractivity contribution in [1.82, 2.24) is 0 Å². The molecule has 0 heterocycles. The van der Waals surface area contributed by atoms with Crippen LogP contribution in [0.1, 0.15) is 18.4 Å². The lowest BCUT2D eigenvalue weighted by atomic mass is 9.97. The average molecular weight is 374 g/mol. The van der Waals surface area contributed by atoms with E-state index >= 15 is 0 Å². The predicted molar refractivity (Wildman–Crippen MR) is 78.5 cm³/mol. The highest BCUT2D eigenvalue weighted by Crippen LogP contribution is 2.19. The summed E-state index contributed by atoms with van der Waals surface area (Å²) in [6.45, 7) is -1.02. The van der Waals surface area contributed by atoms with E-state index in [9.17, 15) is 13.2 Å². The molecule has 0 aliphatic carbocycles. The Morgan fingerprint density at radius 2 is 1.85 bits per heavy atom. The molecule has 114 valence electrons. The maximum atomic E-state index is 11.9. The first-order valence-corrected chi connectivity index (χ1v) is 7.85. The van der Waals surface area contributed by atoms with E-state index in [2.05, 4.69) is 20.7 Å². The molecule has 0 aromatic heterocycles. The summed E-state index contributed by atoms with van der Waals surface area (Å²) in [4.78, 5) is 0. The van der Waals surface area contributed by atoms with Gasteiger partial charge in [0.05, 0.1) is 0 Å². The molecule has 1 unspecified atom stereocenters. The Labute approximate surface area is 130 Å². The molecule has 0 amide bonds. The Morgan fingerprint density at radius 1 is 1.20 bits per heavy atom. The normalized spacial score (nSPS) is 13.4. The van der Waals surface area contributed by atoms with Gasteiger partial charge in [-0.2, -0.15) is 13.2 Å². The summed E-state index contributed by atoms with van der Waals surface area (Å²) in [5, 5.41) is 1.51. The van der Waals surface area contributed by atoms with Crippen molar-refractivity contribution in [2.75, 3.05) is 18.5 Å². The third-order valence-corrected chi connectivity index (χ3v) is 3.99. The minimum absolute atomic E-state index is 0.142.